The van der Waals surface area contributed by atoms with E-state index in [2.05, 4.69) is 10.6 Å². The first-order valence-electron chi connectivity index (χ1n) is 6.20. The zero-order chi connectivity index (χ0) is 13.7. The van der Waals surface area contributed by atoms with Gasteiger partial charge in [0.25, 0.3) is 0 Å². The van der Waals surface area contributed by atoms with Gasteiger partial charge in [0, 0.05) is 18.7 Å². The lowest BCUT2D eigenvalue weighted by Crippen LogP contribution is -2.51. The third kappa shape index (κ3) is 4.40. The summed E-state index contributed by atoms with van der Waals surface area (Å²) in [5.41, 5.74) is -0.00402. The highest BCUT2D eigenvalue weighted by atomic mass is 35.5. The molecule has 1 heterocycles. The highest BCUT2D eigenvalue weighted by Crippen LogP contribution is 2.12. The van der Waals surface area contributed by atoms with Crippen LogP contribution in [0.25, 0.3) is 0 Å². The molecule has 0 aliphatic carbocycles. The number of morpholine rings is 1. The van der Waals surface area contributed by atoms with E-state index in [1.54, 1.807) is 0 Å². The molecule has 1 amide bonds. The van der Waals surface area contributed by atoms with E-state index in [-0.39, 0.29) is 42.9 Å². The van der Waals surface area contributed by atoms with Crippen LogP contribution in [-0.2, 0) is 16.0 Å². The van der Waals surface area contributed by atoms with Crippen molar-refractivity contribution in [3.63, 3.8) is 0 Å². The highest BCUT2D eigenvalue weighted by molar-refractivity contribution is 5.85. The summed E-state index contributed by atoms with van der Waals surface area (Å²) in [5.74, 6) is -1.39. The van der Waals surface area contributed by atoms with E-state index < -0.39 is 11.6 Å². The van der Waals surface area contributed by atoms with Gasteiger partial charge in [-0.15, -0.1) is 12.4 Å². The summed E-state index contributed by atoms with van der Waals surface area (Å²) in [6.45, 7) is 1.72. The maximum Gasteiger partial charge on any atom is 0.239 e. The summed E-state index contributed by atoms with van der Waals surface area (Å²) in [7, 11) is 0. The molecule has 1 fully saturated rings. The van der Waals surface area contributed by atoms with E-state index in [0.717, 1.165) is 0 Å². The second kappa shape index (κ2) is 8.14. The quantitative estimate of drug-likeness (QED) is 0.874. The number of amides is 1. The number of nitrogens with one attached hydrogen (secondary N) is 2. The summed E-state index contributed by atoms with van der Waals surface area (Å²) in [5, 5.41) is 5.65. The number of halogens is 3. The van der Waals surface area contributed by atoms with Crippen LogP contribution < -0.4 is 10.6 Å². The molecule has 7 heteroatoms. The predicted molar refractivity (Wildman–Crippen MR) is 72.9 cm³/mol. The van der Waals surface area contributed by atoms with Gasteiger partial charge in [0.2, 0.25) is 5.91 Å². The molecular weight excluding hydrogens is 290 g/mol. The molecule has 1 aromatic carbocycles. The van der Waals surface area contributed by atoms with Crippen molar-refractivity contribution in [1.29, 1.82) is 0 Å². The van der Waals surface area contributed by atoms with E-state index in [1.807, 2.05) is 0 Å². The molecule has 0 aromatic heterocycles. The molecule has 2 rings (SSSR count). The molecule has 0 bridgehead atoms. The van der Waals surface area contributed by atoms with Crippen LogP contribution in [0.3, 0.4) is 0 Å². The second-order valence-corrected chi connectivity index (χ2v) is 4.32. The number of carbonyl (C=O) groups is 1. The van der Waals surface area contributed by atoms with E-state index >= 15 is 0 Å². The first-order valence-corrected chi connectivity index (χ1v) is 6.20. The van der Waals surface area contributed by atoms with Gasteiger partial charge in [-0.3, -0.25) is 4.79 Å². The smallest absolute Gasteiger partial charge is 0.239 e. The minimum absolute atomic E-state index is 0. The van der Waals surface area contributed by atoms with Gasteiger partial charge in [-0.2, -0.15) is 0 Å². The van der Waals surface area contributed by atoms with Crippen molar-refractivity contribution in [2.45, 2.75) is 12.5 Å². The fourth-order valence-corrected chi connectivity index (χ4v) is 1.94. The molecule has 1 aromatic rings. The van der Waals surface area contributed by atoms with E-state index in [1.165, 1.54) is 18.2 Å². The Balaban J connectivity index is 0.00000200. The number of rotatable bonds is 4. The third-order valence-electron chi connectivity index (χ3n) is 2.97. The molecule has 1 unspecified atom stereocenters. The lowest BCUT2D eigenvalue weighted by atomic mass is 10.1. The van der Waals surface area contributed by atoms with Crippen LogP contribution >= 0.6 is 12.4 Å². The zero-order valence-electron chi connectivity index (χ0n) is 10.8. The Morgan fingerprint density at radius 3 is 2.70 bits per heavy atom. The Hall–Kier alpha value is -1.24. The molecule has 4 nitrogen and oxygen atoms in total. The average Bonchev–Trinajstić information content (AvgIpc) is 2.43. The van der Waals surface area contributed by atoms with E-state index in [9.17, 15) is 13.6 Å². The van der Waals surface area contributed by atoms with Crippen LogP contribution in [0.15, 0.2) is 18.2 Å². The van der Waals surface area contributed by atoms with Crippen LogP contribution in [0.4, 0.5) is 8.78 Å². The molecule has 0 spiro atoms. The molecule has 2 N–H and O–H groups in total. The topological polar surface area (TPSA) is 50.4 Å². The molecule has 0 saturated carbocycles. The predicted octanol–water partition coefficient (Wildman–Crippen LogP) is 1.03. The summed E-state index contributed by atoms with van der Waals surface area (Å²) < 4.78 is 31.9. The molecule has 20 heavy (non-hydrogen) atoms. The van der Waals surface area contributed by atoms with Crippen molar-refractivity contribution in [1.82, 2.24) is 10.6 Å². The Labute approximate surface area is 122 Å². The average molecular weight is 307 g/mol. The van der Waals surface area contributed by atoms with Gasteiger partial charge in [-0.1, -0.05) is 6.07 Å². The summed E-state index contributed by atoms with van der Waals surface area (Å²) in [4.78, 5) is 11.7. The maximum atomic E-state index is 13.3. The number of hydrogen-bond donors (Lipinski definition) is 2. The van der Waals surface area contributed by atoms with E-state index in [0.29, 0.717) is 19.8 Å². The van der Waals surface area contributed by atoms with Gasteiger partial charge in [0.1, 0.15) is 17.7 Å². The van der Waals surface area contributed by atoms with Gasteiger partial charge in [-0.05, 0) is 18.6 Å². The van der Waals surface area contributed by atoms with Crippen LogP contribution in [0.2, 0.25) is 0 Å². The van der Waals surface area contributed by atoms with Crippen molar-refractivity contribution in [3.8, 4) is 0 Å². The fraction of sp³-hybridized carbons (Fsp3) is 0.462. The zero-order valence-corrected chi connectivity index (χ0v) is 11.6. The summed E-state index contributed by atoms with van der Waals surface area (Å²) in [6.07, 6.45) is 0.123. The van der Waals surface area contributed by atoms with Crippen molar-refractivity contribution >= 4 is 18.3 Å². The van der Waals surface area contributed by atoms with Crippen LogP contribution in [0.5, 0.6) is 0 Å². The lowest BCUT2D eigenvalue weighted by Gasteiger charge is -2.22. The molecule has 1 saturated heterocycles. The Morgan fingerprint density at radius 1 is 1.40 bits per heavy atom. The fourth-order valence-electron chi connectivity index (χ4n) is 1.94. The summed E-state index contributed by atoms with van der Waals surface area (Å²) >= 11 is 0. The van der Waals surface area contributed by atoms with Gasteiger partial charge in [0.05, 0.1) is 13.2 Å². The molecule has 1 atom stereocenters. The Bertz CT molecular complexity index is 434. The van der Waals surface area contributed by atoms with Crippen molar-refractivity contribution < 1.29 is 18.3 Å². The van der Waals surface area contributed by atoms with Gasteiger partial charge in [-0.25, -0.2) is 8.78 Å². The Kier molecular flexibility index (Phi) is 6.84. The minimum Gasteiger partial charge on any atom is -0.378 e. The monoisotopic (exact) mass is 306 g/mol. The van der Waals surface area contributed by atoms with Gasteiger partial charge in [0.15, 0.2) is 0 Å². The molecular formula is C13H17ClF2N2O2. The van der Waals surface area contributed by atoms with Crippen LogP contribution in [0.1, 0.15) is 5.56 Å². The normalized spacial score (nSPS) is 18.2. The lowest BCUT2D eigenvalue weighted by molar-refractivity contribution is -0.125. The van der Waals surface area contributed by atoms with Crippen LogP contribution in [0, 0.1) is 11.6 Å². The number of ether oxygens (including phenoxy) is 1. The standard InChI is InChI=1S/C13H16F2N2O2.ClH/c14-10-2-1-3-11(15)9(10)4-5-17-13(18)12-8-19-7-6-16-12;/h1-3,12,16H,4-8H2,(H,17,18);1H. The first-order chi connectivity index (χ1) is 9.18. The van der Waals surface area contributed by atoms with Gasteiger partial charge >= 0.3 is 0 Å². The third-order valence-corrected chi connectivity index (χ3v) is 2.97. The molecule has 1 aliphatic heterocycles. The number of benzene rings is 1. The summed E-state index contributed by atoms with van der Waals surface area (Å²) in [6, 6.07) is 3.34. The van der Waals surface area contributed by atoms with Crippen molar-refractivity contribution in [3.05, 3.63) is 35.4 Å². The Morgan fingerprint density at radius 2 is 2.10 bits per heavy atom. The molecule has 112 valence electrons. The highest BCUT2D eigenvalue weighted by Gasteiger charge is 2.20. The van der Waals surface area contributed by atoms with E-state index in [4.69, 9.17) is 4.74 Å². The van der Waals surface area contributed by atoms with Crippen molar-refractivity contribution in [2.75, 3.05) is 26.3 Å². The largest absolute Gasteiger partial charge is 0.378 e. The first kappa shape index (κ1) is 16.8. The maximum absolute atomic E-state index is 13.3. The number of carbonyl (C=O) groups excluding carboxylic acids is 1. The van der Waals surface area contributed by atoms with Gasteiger partial charge < -0.3 is 15.4 Å². The molecule has 1 aliphatic rings. The second-order valence-electron chi connectivity index (χ2n) is 4.32. The van der Waals surface area contributed by atoms with Crippen LogP contribution in [-0.4, -0.2) is 38.3 Å². The number of hydrogen-bond acceptors (Lipinski definition) is 3. The SMILES string of the molecule is Cl.O=C(NCCc1c(F)cccc1F)C1COCCN1. The van der Waals surface area contributed by atoms with Crippen molar-refractivity contribution in [2.24, 2.45) is 0 Å². The molecule has 0 radical (unpaired) electrons. The minimum atomic E-state index is -0.589.